The second kappa shape index (κ2) is 54.9. The summed E-state index contributed by atoms with van der Waals surface area (Å²) in [6.45, 7) is 25.9. The summed E-state index contributed by atoms with van der Waals surface area (Å²) in [5.41, 5.74) is 0. The van der Waals surface area contributed by atoms with E-state index in [1.54, 1.807) is 6.08 Å². The molecule has 0 unspecified atom stereocenters. The highest BCUT2D eigenvalue weighted by molar-refractivity contribution is 4.60. The van der Waals surface area contributed by atoms with Crippen LogP contribution < -0.4 is 0 Å². The minimum Gasteiger partial charge on any atom is -0.103 e. The van der Waals surface area contributed by atoms with Crippen LogP contribution in [0.2, 0.25) is 0 Å². The third-order valence-corrected chi connectivity index (χ3v) is 0.789. The van der Waals surface area contributed by atoms with Crippen molar-refractivity contribution in [3.8, 4) is 0 Å². The van der Waals surface area contributed by atoms with Crippen LogP contribution in [0.3, 0.4) is 0 Å². The highest BCUT2D eigenvalue weighted by Crippen LogP contribution is 1.81. The summed E-state index contributed by atoms with van der Waals surface area (Å²) in [5.74, 6) is 0.833. The second-order valence-corrected chi connectivity index (χ2v) is 4.54. The van der Waals surface area contributed by atoms with E-state index in [1.807, 2.05) is 13.0 Å². The Kier molecular flexibility index (Phi) is 93.0. The first kappa shape index (κ1) is 30.5. The smallest absolute Gasteiger partial charge is 0.0382 e. The van der Waals surface area contributed by atoms with Crippen LogP contribution in [-0.2, 0) is 0 Å². The van der Waals surface area contributed by atoms with E-state index in [0.29, 0.717) is 0 Å². The van der Waals surface area contributed by atoms with Crippen molar-refractivity contribution in [2.24, 2.45) is 5.92 Å². The van der Waals surface area contributed by atoms with Gasteiger partial charge >= 0.3 is 0 Å². The quantitative estimate of drug-likeness (QED) is 0.446. The Morgan fingerprint density at radius 3 is 0.944 bits per heavy atom. The zero-order valence-corrected chi connectivity index (χ0v) is 15.0. The third kappa shape index (κ3) is 1480. The molecule has 0 heterocycles. The van der Waals surface area contributed by atoms with Crippen molar-refractivity contribution in [2.75, 3.05) is 0 Å². The van der Waals surface area contributed by atoms with Crippen LogP contribution in [0.25, 0.3) is 0 Å². The van der Waals surface area contributed by atoms with E-state index in [4.69, 9.17) is 0 Å². The van der Waals surface area contributed by atoms with Gasteiger partial charge in [0.2, 0.25) is 0 Å². The molecule has 18 heavy (non-hydrogen) atoms. The normalized spacial score (nSPS) is 6.78. The fraction of sp³-hybridized carbons (Fsp3) is 0.778. The lowest BCUT2D eigenvalue weighted by Gasteiger charge is -1.79. The second-order valence-electron chi connectivity index (χ2n) is 4.54. The zero-order valence-electron chi connectivity index (χ0n) is 15.0. The minimum absolute atomic E-state index is 0.833. The van der Waals surface area contributed by atoms with Crippen LogP contribution in [-0.4, -0.2) is 0 Å². The average molecular weight is 259 g/mol. The molecule has 0 N–H and O–H groups in total. The van der Waals surface area contributed by atoms with Crippen molar-refractivity contribution in [1.29, 1.82) is 0 Å². The molecule has 0 aliphatic heterocycles. The van der Waals surface area contributed by atoms with Crippen LogP contribution in [0.1, 0.15) is 88.0 Å². The van der Waals surface area contributed by atoms with Crippen LogP contribution in [0.15, 0.2) is 25.3 Å². The van der Waals surface area contributed by atoms with Crippen molar-refractivity contribution >= 4 is 0 Å². The van der Waals surface area contributed by atoms with Gasteiger partial charge in [0.1, 0.15) is 0 Å². The molecule has 0 aromatic rings. The van der Waals surface area contributed by atoms with Crippen molar-refractivity contribution in [3.05, 3.63) is 25.3 Å². The van der Waals surface area contributed by atoms with Crippen molar-refractivity contribution in [2.45, 2.75) is 88.0 Å². The summed E-state index contributed by atoms with van der Waals surface area (Å²) >= 11 is 0. The topological polar surface area (TPSA) is 0 Å². The molecule has 0 aromatic carbocycles. The average Bonchev–Trinajstić information content (AvgIpc) is 2.30. The molecule has 0 atom stereocenters. The van der Waals surface area contributed by atoms with E-state index >= 15 is 0 Å². The van der Waals surface area contributed by atoms with E-state index in [-0.39, 0.29) is 0 Å². The Hall–Kier alpha value is -0.520. The molecule has 0 spiro atoms. The van der Waals surface area contributed by atoms with Gasteiger partial charge in [-0.1, -0.05) is 86.8 Å². The molecule has 114 valence electrons. The van der Waals surface area contributed by atoms with Gasteiger partial charge in [0.15, 0.2) is 0 Å². The lowest BCUT2D eigenvalue weighted by molar-refractivity contribution is 0.737. The lowest BCUT2D eigenvalue weighted by atomic mass is 10.3. The van der Waals surface area contributed by atoms with Gasteiger partial charge in [-0.25, -0.2) is 0 Å². The highest BCUT2D eigenvalue weighted by Gasteiger charge is 1.68. The predicted molar refractivity (Wildman–Crippen MR) is 93.4 cm³/mol. The Balaban J connectivity index is -0.0000000394. The first-order chi connectivity index (χ1) is 8.39. The largest absolute Gasteiger partial charge is 0.103 e. The number of unbranched alkanes of at least 4 members (excludes halogenated alkanes) is 1. The molecule has 0 amide bonds. The maximum atomic E-state index is 3.48. The predicted octanol–water partition coefficient (Wildman–Crippen LogP) is 7.66. The summed E-state index contributed by atoms with van der Waals surface area (Å²) < 4.78 is 0. The molecule has 0 aliphatic carbocycles. The standard InChI is InChI=1S/2C4H10.C4H8.C3H8.C3H6/c1-4(2)3;2*1-3-4-2;2*1-3-2/h4H,1-3H3;3-4H2,1-2H3;3H,1,4H2,2H3;3H2,1-2H3;3H,1H2,2H3. The third-order valence-electron chi connectivity index (χ3n) is 0.789. The highest BCUT2D eigenvalue weighted by atomic mass is 13.7. The minimum atomic E-state index is 0.833. The summed E-state index contributed by atoms with van der Waals surface area (Å²) in [6.07, 6.45) is 8.60. The van der Waals surface area contributed by atoms with Gasteiger partial charge in [-0.05, 0) is 19.3 Å². The molecule has 0 rings (SSSR count). The maximum Gasteiger partial charge on any atom is -0.0382 e. The Morgan fingerprint density at radius 1 is 0.833 bits per heavy atom. The van der Waals surface area contributed by atoms with E-state index in [2.05, 4.69) is 68.5 Å². The van der Waals surface area contributed by atoms with Crippen molar-refractivity contribution < 1.29 is 0 Å². The molecule has 0 nitrogen and oxygen atoms in total. The van der Waals surface area contributed by atoms with E-state index in [9.17, 15) is 0 Å². The Labute approximate surface area is 120 Å². The summed E-state index contributed by atoms with van der Waals surface area (Å²) in [5, 5.41) is 0. The fourth-order valence-electron chi connectivity index (χ4n) is 0. The van der Waals surface area contributed by atoms with Gasteiger partial charge < -0.3 is 0 Å². The van der Waals surface area contributed by atoms with Crippen LogP contribution in [0.4, 0.5) is 0 Å². The molecule has 0 fully saturated rings. The molecular weight excluding hydrogens is 216 g/mol. The zero-order chi connectivity index (χ0) is 15.8. The van der Waals surface area contributed by atoms with Gasteiger partial charge in [0.05, 0.1) is 0 Å². The first-order valence-electron chi connectivity index (χ1n) is 7.57. The lowest BCUT2D eigenvalue weighted by Crippen LogP contribution is -1.66. The van der Waals surface area contributed by atoms with Crippen molar-refractivity contribution in [1.82, 2.24) is 0 Å². The SMILES string of the molecule is C=CC.C=CCC.CC(C)C.CCC.CCCC. The monoisotopic (exact) mass is 258 g/mol. The van der Waals surface area contributed by atoms with E-state index < -0.39 is 0 Å². The summed E-state index contributed by atoms with van der Waals surface area (Å²) in [6, 6.07) is 0. The molecule has 0 aromatic heterocycles. The first-order valence-corrected chi connectivity index (χ1v) is 7.57. The van der Waals surface area contributed by atoms with E-state index in [0.717, 1.165) is 12.3 Å². The molecule has 0 saturated carbocycles. The molecular formula is C18H42. The molecule has 0 saturated heterocycles. The van der Waals surface area contributed by atoms with Crippen molar-refractivity contribution in [3.63, 3.8) is 0 Å². The van der Waals surface area contributed by atoms with Gasteiger partial charge in [-0.15, -0.1) is 13.2 Å². The van der Waals surface area contributed by atoms with Crippen LogP contribution in [0.5, 0.6) is 0 Å². The van der Waals surface area contributed by atoms with E-state index in [1.165, 1.54) is 19.3 Å². The van der Waals surface area contributed by atoms with Gasteiger partial charge in [0.25, 0.3) is 0 Å². The molecule has 0 aliphatic rings. The number of hydrogen-bond donors (Lipinski definition) is 0. The molecule has 0 bridgehead atoms. The maximum absolute atomic E-state index is 3.48. The molecule has 0 heteroatoms. The number of rotatable bonds is 2. The van der Waals surface area contributed by atoms with Gasteiger partial charge in [-0.2, -0.15) is 0 Å². The Bertz CT molecular complexity index is 85.5. The number of hydrogen-bond acceptors (Lipinski definition) is 0. The van der Waals surface area contributed by atoms with Crippen LogP contribution >= 0.6 is 0 Å². The van der Waals surface area contributed by atoms with Gasteiger partial charge in [0, 0.05) is 0 Å². The fourth-order valence-corrected chi connectivity index (χ4v) is 0. The summed E-state index contributed by atoms with van der Waals surface area (Å²) in [4.78, 5) is 0. The Morgan fingerprint density at radius 2 is 0.944 bits per heavy atom. The number of allylic oxidation sites excluding steroid dienone is 2. The summed E-state index contributed by atoms with van der Waals surface area (Å²) in [7, 11) is 0. The molecule has 0 radical (unpaired) electrons. The van der Waals surface area contributed by atoms with Crippen LogP contribution in [0, 0.1) is 5.92 Å². The van der Waals surface area contributed by atoms with Gasteiger partial charge in [-0.3, -0.25) is 0 Å².